The van der Waals surface area contributed by atoms with Crippen molar-refractivity contribution in [1.29, 1.82) is 5.26 Å². The summed E-state index contributed by atoms with van der Waals surface area (Å²) in [6, 6.07) is 5.23. The number of nitrogens with one attached hydrogen (secondary N) is 1. The molecule has 90 valence electrons. The molecule has 1 aromatic heterocycles. The van der Waals surface area contributed by atoms with Crippen molar-refractivity contribution in [3.63, 3.8) is 0 Å². The van der Waals surface area contributed by atoms with Gasteiger partial charge in [0, 0.05) is 18.2 Å². The highest BCUT2D eigenvalue weighted by atomic mass is 19.1. The summed E-state index contributed by atoms with van der Waals surface area (Å²) in [5, 5.41) is 11.6. The van der Waals surface area contributed by atoms with E-state index in [1.54, 1.807) is 0 Å². The summed E-state index contributed by atoms with van der Waals surface area (Å²) in [5.41, 5.74) is 0.555. The van der Waals surface area contributed by atoms with Gasteiger partial charge in [0.2, 0.25) is 0 Å². The Hall–Kier alpha value is -2.55. The highest BCUT2D eigenvalue weighted by Gasteiger charge is 2.06. The van der Waals surface area contributed by atoms with Crippen molar-refractivity contribution in [1.82, 2.24) is 9.97 Å². The molecule has 0 saturated carbocycles. The minimum atomic E-state index is -0.643. The van der Waals surface area contributed by atoms with Crippen LogP contribution in [0.1, 0.15) is 11.1 Å². The molecular formula is C12H8F2N4. The van der Waals surface area contributed by atoms with Crippen LogP contribution in [0.15, 0.2) is 30.7 Å². The fraction of sp³-hybridized carbons (Fsp3) is 0.0833. The molecule has 0 saturated heterocycles. The predicted molar refractivity (Wildman–Crippen MR) is 60.4 cm³/mol. The van der Waals surface area contributed by atoms with Crippen molar-refractivity contribution in [2.45, 2.75) is 6.54 Å². The van der Waals surface area contributed by atoms with Crippen LogP contribution in [0.3, 0.4) is 0 Å². The van der Waals surface area contributed by atoms with Crippen molar-refractivity contribution in [2.75, 3.05) is 5.32 Å². The quantitative estimate of drug-likeness (QED) is 0.902. The minimum absolute atomic E-state index is 0.109. The molecule has 0 bridgehead atoms. The Balaban J connectivity index is 2.14. The first kappa shape index (κ1) is 11.9. The van der Waals surface area contributed by atoms with E-state index < -0.39 is 11.6 Å². The van der Waals surface area contributed by atoms with Gasteiger partial charge in [-0.05, 0) is 6.07 Å². The first-order valence-electron chi connectivity index (χ1n) is 5.08. The van der Waals surface area contributed by atoms with Gasteiger partial charge in [0.15, 0.2) is 0 Å². The average Bonchev–Trinajstić information content (AvgIpc) is 2.38. The minimum Gasteiger partial charge on any atom is -0.365 e. The van der Waals surface area contributed by atoms with Crippen LogP contribution in [-0.2, 0) is 6.54 Å². The lowest BCUT2D eigenvalue weighted by molar-refractivity contribution is 0.574. The van der Waals surface area contributed by atoms with Gasteiger partial charge in [0.1, 0.15) is 35.4 Å². The van der Waals surface area contributed by atoms with Crippen molar-refractivity contribution >= 4 is 5.82 Å². The molecule has 4 nitrogen and oxygen atoms in total. The number of hydrogen-bond acceptors (Lipinski definition) is 4. The molecule has 6 heteroatoms. The number of nitriles is 1. The predicted octanol–water partition coefficient (Wildman–Crippen LogP) is 2.24. The zero-order chi connectivity index (χ0) is 13.0. The molecule has 18 heavy (non-hydrogen) atoms. The lowest BCUT2D eigenvalue weighted by atomic mass is 10.2. The van der Waals surface area contributed by atoms with E-state index in [9.17, 15) is 8.78 Å². The Kier molecular flexibility index (Phi) is 3.44. The van der Waals surface area contributed by atoms with Crippen LogP contribution in [-0.4, -0.2) is 9.97 Å². The Morgan fingerprint density at radius 3 is 2.89 bits per heavy atom. The van der Waals surface area contributed by atoms with E-state index >= 15 is 0 Å². The summed E-state index contributed by atoms with van der Waals surface area (Å²) in [6.45, 7) is 0.109. The van der Waals surface area contributed by atoms with Gasteiger partial charge >= 0.3 is 0 Å². The van der Waals surface area contributed by atoms with Crippen LogP contribution in [0.25, 0.3) is 0 Å². The summed E-state index contributed by atoms with van der Waals surface area (Å²) >= 11 is 0. The second-order valence-corrected chi connectivity index (χ2v) is 3.49. The molecule has 2 rings (SSSR count). The number of hydrogen-bond donors (Lipinski definition) is 1. The summed E-state index contributed by atoms with van der Waals surface area (Å²) < 4.78 is 26.1. The highest BCUT2D eigenvalue weighted by molar-refractivity contribution is 5.50. The third-order valence-electron chi connectivity index (χ3n) is 2.29. The normalized spacial score (nSPS) is 9.83. The van der Waals surface area contributed by atoms with Crippen molar-refractivity contribution < 1.29 is 8.78 Å². The molecule has 0 fully saturated rings. The second-order valence-electron chi connectivity index (χ2n) is 3.49. The Labute approximate surface area is 102 Å². The van der Waals surface area contributed by atoms with Crippen molar-refractivity contribution in [3.8, 4) is 6.07 Å². The van der Waals surface area contributed by atoms with E-state index in [-0.39, 0.29) is 12.1 Å². The van der Waals surface area contributed by atoms with Crippen LogP contribution in [0.5, 0.6) is 0 Å². The monoisotopic (exact) mass is 246 g/mol. The van der Waals surface area contributed by atoms with Crippen LogP contribution < -0.4 is 5.32 Å². The van der Waals surface area contributed by atoms with Crippen LogP contribution in [0.2, 0.25) is 0 Å². The molecule has 0 radical (unpaired) electrons. The SMILES string of the molecule is N#Cc1cncnc1NCc1ccc(F)cc1F. The van der Waals surface area contributed by atoms with Gasteiger partial charge < -0.3 is 5.32 Å². The van der Waals surface area contributed by atoms with E-state index in [0.29, 0.717) is 11.4 Å². The van der Waals surface area contributed by atoms with Crippen LogP contribution >= 0.6 is 0 Å². The largest absolute Gasteiger partial charge is 0.365 e. The van der Waals surface area contributed by atoms with Gasteiger partial charge in [0.25, 0.3) is 0 Å². The fourth-order valence-corrected chi connectivity index (χ4v) is 1.40. The maximum Gasteiger partial charge on any atom is 0.147 e. The van der Waals surface area contributed by atoms with Gasteiger partial charge in [-0.25, -0.2) is 18.7 Å². The van der Waals surface area contributed by atoms with E-state index in [1.807, 2.05) is 6.07 Å². The zero-order valence-corrected chi connectivity index (χ0v) is 9.19. The fourth-order valence-electron chi connectivity index (χ4n) is 1.40. The Morgan fingerprint density at radius 1 is 1.33 bits per heavy atom. The summed E-state index contributed by atoms with van der Waals surface area (Å²) in [7, 11) is 0. The standard InChI is InChI=1S/C12H8F2N4/c13-10-2-1-8(11(14)3-10)6-17-12-9(4-15)5-16-7-18-12/h1-3,5,7H,6H2,(H,16,17,18). The van der Waals surface area contributed by atoms with Gasteiger partial charge in [-0.1, -0.05) is 6.07 Å². The van der Waals surface area contributed by atoms with E-state index in [0.717, 1.165) is 6.07 Å². The van der Waals surface area contributed by atoms with Crippen molar-refractivity contribution in [3.05, 3.63) is 53.5 Å². The maximum absolute atomic E-state index is 13.4. The molecule has 1 N–H and O–H groups in total. The lowest BCUT2D eigenvalue weighted by Gasteiger charge is -2.07. The molecule has 1 aromatic carbocycles. The molecule has 0 aliphatic heterocycles. The molecule has 0 aliphatic carbocycles. The summed E-state index contributed by atoms with van der Waals surface area (Å²) in [5.74, 6) is -0.956. The number of anilines is 1. The number of rotatable bonds is 3. The van der Waals surface area contributed by atoms with Gasteiger partial charge in [0.05, 0.1) is 6.20 Å². The second kappa shape index (κ2) is 5.19. The summed E-state index contributed by atoms with van der Waals surface area (Å²) in [4.78, 5) is 7.57. The molecule has 0 unspecified atom stereocenters. The number of nitrogens with zero attached hydrogens (tertiary/aromatic N) is 3. The molecule has 1 heterocycles. The number of halogens is 2. The Morgan fingerprint density at radius 2 is 2.17 bits per heavy atom. The van der Waals surface area contributed by atoms with Gasteiger partial charge in [-0.3, -0.25) is 0 Å². The maximum atomic E-state index is 13.4. The third kappa shape index (κ3) is 2.58. The van der Waals surface area contributed by atoms with Crippen molar-refractivity contribution in [2.24, 2.45) is 0 Å². The van der Waals surface area contributed by atoms with Gasteiger partial charge in [-0.2, -0.15) is 5.26 Å². The van der Waals surface area contributed by atoms with Gasteiger partial charge in [-0.15, -0.1) is 0 Å². The topological polar surface area (TPSA) is 61.6 Å². The van der Waals surface area contributed by atoms with Crippen LogP contribution in [0, 0.1) is 23.0 Å². The summed E-state index contributed by atoms with van der Waals surface area (Å²) in [6.07, 6.45) is 2.64. The van der Waals surface area contributed by atoms with E-state index in [1.165, 1.54) is 24.7 Å². The van der Waals surface area contributed by atoms with E-state index in [4.69, 9.17) is 5.26 Å². The Bertz CT molecular complexity index is 607. The number of aromatic nitrogens is 2. The zero-order valence-electron chi connectivity index (χ0n) is 9.19. The smallest absolute Gasteiger partial charge is 0.147 e. The average molecular weight is 246 g/mol. The van der Waals surface area contributed by atoms with E-state index in [2.05, 4.69) is 15.3 Å². The molecular weight excluding hydrogens is 238 g/mol. The number of benzene rings is 1. The molecule has 0 atom stereocenters. The molecule has 2 aromatic rings. The lowest BCUT2D eigenvalue weighted by Crippen LogP contribution is -2.05. The third-order valence-corrected chi connectivity index (χ3v) is 2.29. The molecule has 0 spiro atoms. The highest BCUT2D eigenvalue weighted by Crippen LogP contribution is 2.13. The van der Waals surface area contributed by atoms with Crippen LogP contribution in [0.4, 0.5) is 14.6 Å². The first-order valence-corrected chi connectivity index (χ1v) is 5.08. The first-order chi connectivity index (χ1) is 8.70. The molecule has 0 amide bonds. The molecule has 0 aliphatic rings.